The summed E-state index contributed by atoms with van der Waals surface area (Å²) in [7, 11) is 1.58. The molecule has 0 spiro atoms. The van der Waals surface area contributed by atoms with Crippen molar-refractivity contribution >= 4 is 46.0 Å². The molecule has 4 rings (SSSR count). The number of carbonyl (C=O) groups is 3. The molecule has 0 radical (unpaired) electrons. The van der Waals surface area contributed by atoms with Crippen LogP contribution in [0, 0.1) is 27.7 Å². The summed E-state index contributed by atoms with van der Waals surface area (Å²) in [6.07, 6.45) is -8.89. The smallest absolute Gasteiger partial charge is 0.422 e. The zero-order chi connectivity index (χ0) is 44.0. The Morgan fingerprint density at radius 3 is 1.67 bits per heavy atom. The number of ketones is 1. The monoisotopic (exact) mass is 858 g/mol. The molecule has 0 saturated carbocycles. The van der Waals surface area contributed by atoms with Crippen molar-refractivity contribution < 1.29 is 64.8 Å². The number of aryl methyl sites for hydroxylation is 4. The van der Waals surface area contributed by atoms with E-state index in [0.29, 0.717) is 39.1 Å². The lowest BCUT2D eigenvalue weighted by Crippen LogP contribution is -2.38. The first kappa shape index (κ1) is 48.1. The number of esters is 1. The molecule has 1 heterocycles. The summed E-state index contributed by atoms with van der Waals surface area (Å²) in [5.41, 5.74) is 4.29. The van der Waals surface area contributed by atoms with Gasteiger partial charge in [0.25, 0.3) is 0 Å². The largest absolute Gasteiger partial charge is 0.510 e. The molecular formula is C42H48F6O8S2. The number of hydrogen-bond acceptors (Lipinski definition) is 10. The third-order valence-corrected chi connectivity index (χ3v) is 11.4. The molecule has 3 aromatic carbocycles. The SMILES string of the molecule is CCOC(=O)C(C(=O)C(C)(C)SCc1ccc(OC)cc1)c1c(C)cc(OCC(F)(F)F)cc1C.Cc1cc(OCC(F)(F)F)cc(C)c1C1=C(O)C(C)(C)SC1=O. The normalized spacial score (nSPS) is 14.7. The summed E-state index contributed by atoms with van der Waals surface area (Å²) < 4.78 is 92.8. The van der Waals surface area contributed by atoms with E-state index in [9.17, 15) is 45.8 Å². The molecule has 58 heavy (non-hydrogen) atoms. The third-order valence-electron chi connectivity index (χ3n) is 8.91. The van der Waals surface area contributed by atoms with E-state index in [0.717, 1.165) is 23.1 Å². The van der Waals surface area contributed by atoms with Crippen LogP contribution in [0.15, 0.2) is 54.3 Å². The molecule has 0 bridgehead atoms. The van der Waals surface area contributed by atoms with Crippen LogP contribution in [0.4, 0.5) is 26.3 Å². The average molecular weight is 859 g/mol. The van der Waals surface area contributed by atoms with E-state index in [2.05, 4.69) is 0 Å². The van der Waals surface area contributed by atoms with Crippen molar-refractivity contribution in [3.63, 3.8) is 0 Å². The van der Waals surface area contributed by atoms with Gasteiger partial charge >= 0.3 is 18.3 Å². The van der Waals surface area contributed by atoms with Gasteiger partial charge in [0.2, 0.25) is 5.12 Å². The lowest BCUT2D eigenvalue weighted by molar-refractivity contribution is -0.154. The fourth-order valence-corrected chi connectivity index (χ4v) is 8.08. The van der Waals surface area contributed by atoms with Gasteiger partial charge in [-0.15, -0.1) is 11.8 Å². The Labute approximate surface area is 343 Å². The third kappa shape index (κ3) is 12.8. The first-order valence-corrected chi connectivity index (χ1v) is 19.8. The zero-order valence-corrected chi connectivity index (χ0v) is 35.5. The van der Waals surface area contributed by atoms with Gasteiger partial charge in [0.15, 0.2) is 19.0 Å². The van der Waals surface area contributed by atoms with Crippen LogP contribution in [0.25, 0.3) is 5.57 Å². The summed E-state index contributed by atoms with van der Waals surface area (Å²) in [5, 5.41) is 10.1. The number of rotatable bonds is 14. The summed E-state index contributed by atoms with van der Waals surface area (Å²) in [6.45, 7) is 12.5. The molecule has 0 amide bonds. The van der Waals surface area contributed by atoms with Gasteiger partial charge in [0.05, 0.1) is 28.8 Å². The molecule has 1 aliphatic rings. The highest BCUT2D eigenvalue weighted by atomic mass is 32.2. The molecule has 3 aromatic rings. The van der Waals surface area contributed by atoms with Crippen LogP contribution in [0.3, 0.4) is 0 Å². The predicted octanol–water partition coefficient (Wildman–Crippen LogP) is 10.7. The minimum absolute atomic E-state index is 0.0114. The maximum Gasteiger partial charge on any atom is 0.422 e. The highest BCUT2D eigenvalue weighted by Crippen LogP contribution is 2.47. The van der Waals surface area contributed by atoms with Crippen LogP contribution in [0.2, 0.25) is 0 Å². The number of carbonyl (C=O) groups excluding carboxylic acids is 3. The number of halogens is 6. The van der Waals surface area contributed by atoms with E-state index in [4.69, 9.17) is 18.9 Å². The van der Waals surface area contributed by atoms with E-state index >= 15 is 0 Å². The van der Waals surface area contributed by atoms with Gasteiger partial charge in [-0.25, -0.2) is 0 Å². The first-order chi connectivity index (χ1) is 26.7. The number of aliphatic hydroxyl groups is 1. The molecule has 16 heteroatoms. The molecule has 0 fully saturated rings. The van der Waals surface area contributed by atoms with E-state index in [-0.39, 0.29) is 40.3 Å². The first-order valence-electron chi connectivity index (χ1n) is 18.0. The predicted molar refractivity (Wildman–Crippen MR) is 214 cm³/mol. The second-order valence-electron chi connectivity index (χ2n) is 14.5. The molecule has 1 aliphatic heterocycles. The minimum atomic E-state index is -4.48. The standard InChI is InChI=1S/C26H31F3O5S.C16H17F3O3S/c1-7-33-24(31)22(21-16(2)12-20(13-17(21)3)34-15-26(27,28)29)23(30)25(4,5)35-14-18-8-10-19(32-6)11-9-18;1-8-5-10(22-7-16(17,18)19)6-9(2)11(8)12-13(20)15(3,4)23-14(12)21/h8-13,22H,7,14-15H2,1-6H3;5-6,20H,7H2,1-4H3. The Balaban J connectivity index is 0.000000338. The molecular weight excluding hydrogens is 811 g/mol. The second-order valence-corrected chi connectivity index (χ2v) is 17.7. The summed E-state index contributed by atoms with van der Waals surface area (Å²) >= 11 is 2.42. The van der Waals surface area contributed by atoms with Crippen LogP contribution in [0.1, 0.15) is 79.5 Å². The fourth-order valence-electron chi connectivity index (χ4n) is 6.14. The molecule has 1 unspecified atom stereocenters. The van der Waals surface area contributed by atoms with Crippen molar-refractivity contribution in [3.05, 3.63) is 93.2 Å². The number of ether oxygens (including phenoxy) is 4. The molecule has 0 aliphatic carbocycles. The number of benzene rings is 3. The second kappa shape index (κ2) is 19.2. The van der Waals surface area contributed by atoms with Crippen molar-refractivity contribution in [2.75, 3.05) is 26.9 Å². The maximum absolute atomic E-state index is 13.7. The summed E-state index contributed by atoms with van der Waals surface area (Å²) in [5.74, 6) is -0.906. The highest BCUT2D eigenvalue weighted by molar-refractivity contribution is 8.16. The van der Waals surface area contributed by atoms with Crippen LogP contribution in [-0.4, -0.2) is 70.8 Å². The molecule has 8 nitrogen and oxygen atoms in total. The number of hydrogen-bond donors (Lipinski definition) is 1. The lowest BCUT2D eigenvalue weighted by Gasteiger charge is -2.29. The quantitative estimate of drug-likeness (QED) is 0.0956. The van der Waals surface area contributed by atoms with Gasteiger partial charge in [-0.2, -0.15) is 26.3 Å². The van der Waals surface area contributed by atoms with Crippen LogP contribution < -0.4 is 14.2 Å². The highest BCUT2D eigenvalue weighted by Gasteiger charge is 2.43. The number of thioether (sulfide) groups is 2. The van der Waals surface area contributed by atoms with Crippen molar-refractivity contribution in [1.29, 1.82) is 0 Å². The Bertz CT molecular complexity index is 1960. The van der Waals surface area contributed by atoms with Crippen LogP contribution >= 0.6 is 23.5 Å². The Morgan fingerprint density at radius 2 is 1.28 bits per heavy atom. The summed E-state index contributed by atoms with van der Waals surface area (Å²) in [6, 6.07) is 13.2. The number of aliphatic hydroxyl groups excluding tert-OH is 1. The van der Waals surface area contributed by atoms with Gasteiger partial charge in [0.1, 0.15) is 28.9 Å². The maximum atomic E-state index is 13.7. The number of methoxy groups -OCH3 is 1. The molecule has 1 atom stereocenters. The number of alkyl halides is 6. The topological polar surface area (TPSA) is 108 Å². The van der Waals surface area contributed by atoms with Gasteiger partial charge in [-0.05, 0) is 138 Å². The minimum Gasteiger partial charge on any atom is -0.510 e. The fraction of sp³-hybridized carbons (Fsp3) is 0.452. The van der Waals surface area contributed by atoms with Gasteiger partial charge in [-0.3, -0.25) is 14.4 Å². The molecule has 0 saturated heterocycles. The van der Waals surface area contributed by atoms with E-state index in [1.54, 1.807) is 69.4 Å². The lowest BCUT2D eigenvalue weighted by atomic mass is 9.83. The average Bonchev–Trinajstić information content (AvgIpc) is 3.31. The Kier molecular flexibility index (Phi) is 15.9. The molecule has 0 aromatic heterocycles. The number of Topliss-reactive ketones (excluding diaryl/α,β-unsaturated/α-hetero) is 1. The van der Waals surface area contributed by atoms with E-state index in [1.807, 2.05) is 24.3 Å². The van der Waals surface area contributed by atoms with Crippen LogP contribution in [-0.2, 0) is 24.9 Å². The van der Waals surface area contributed by atoms with Crippen molar-refractivity contribution in [2.45, 2.75) is 95.8 Å². The van der Waals surface area contributed by atoms with Crippen LogP contribution in [0.5, 0.6) is 17.2 Å². The van der Waals surface area contributed by atoms with Crippen molar-refractivity contribution in [1.82, 2.24) is 0 Å². The zero-order valence-electron chi connectivity index (χ0n) is 33.9. The summed E-state index contributed by atoms with van der Waals surface area (Å²) in [4.78, 5) is 38.9. The molecule has 1 N–H and O–H groups in total. The van der Waals surface area contributed by atoms with Gasteiger partial charge in [0, 0.05) is 5.75 Å². The Hall–Kier alpha value is -4.31. The van der Waals surface area contributed by atoms with E-state index in [1.165, 1.54) is 36.0 Å². The van der Waals surface area contributed by atoms with Gasteiger partial charge < -0.3 is 24.1 Å². The van der Waals surface area contributed by atoms with E-state index < -0.39 is 46.9 Å². The van der Waals surface area contributed by atoms with Gasteiger partial charge in [-0.1, -0.05) is 23.9 Å². The van der Waals surface area contributed by atoms with Crippen molar-refractivity contribution in [3.8, 4) is 17.2 Å². The Morgan fingerprint density at radius 1 is 0.810 bits per heavy atom. The molecule has 318 valence electrons. The van der Waals surface area contributed by atoms with Crippen molar-refractivity contribution in [2.24, 2.45) is 0 Å².